The molecule has 1 aliphatic rings. The van der Waals surface area contributed by atoms with Crippen LogP contribution in [0, 0.1) is 11.2 Å². The maximum absolute atomic E-state index is 14.7. The second-order valence-electron chi connectivity index (χ2n) is 12.1. The van der Waals surface area contributed by atoms with Gasteiger partial charge in [-0.3, -0.25) is 14.4 Å². The molecule has 4 N–H and O–H groups in total. The lowest BCUT2D eigenvalue weighted by molar-refractivity contribution is -0.134. The van der Waals surface area contributed by atoms with Crippen molar-refractivity contribution in [2.45, 2.75) is 58.7 Å². The topological polar surface area (TPSA) is 147 Å². The molecule has 0 unspecified atom stereocenters. The maximum Gasteiger partial charge on any atom is 0.257 e. The van der Waals surface area contributed by atoms with Gasteiger partial charge in [-0.15, -0.1) is 12.4 Å². The number of hydrogen-bond donors (Lipinski definition) is 4. The summed E-state index contributed by atoms with van der Waals surface area (Å²) in [6.45, 7) is 8.11. The number of carbonyl (C=O) groups excluding carboxylic acids is 3. The van der Waals surface area contributed by atoms with Gasteiger partial charge >= 0.3 is 0 Å². The fraction of sp³-hybridized carbons (Fsp3) is 0.469. The van der Waals surface area contributed by atoms with E-state index in [9.17, 15) is 18.8 Å². The Balaban J connectivity index is 0.00000600. The Morgan fingerprint density at radius 1 is 1.17 bits per heavy atom. The van der Waals surface area contributed by atoms with Crippen molar-refractivity contribution in [1.82, 2.24) is 25.9 Å². The van der Waals surface area contributed by atoms with Crippen LogP contribution in [0.5, 0.6) is 5.75 Å². The number of rotatable bonds is 12. The minimum atomic E-state index is -1.09. The van der Waals surface area contributed by atoms with E-state index in [1.807, 2.05) is 20.8 Å². The van der Waals surface area contributed by atoms with Crippen LogP contribution in [0.15, 0.2) is 36.7 Å². The average Bonchev–Trinajstić information content (AvgIpc) is 3.56. The molecule has 256 valence electrons. The summed E-state index contributed by atoms with van der Waals surface area (Å²) >= 11 is 6.01. The van der Waals surface area contributed by atoms with Gasteiger partial charge in [0.15, 0.2) is 0 Å². The van der Waals surface area contributed by atoms with Gasteiger partial charge in [0, 0.05) is 24.2 Å². The summed E-state index contributed by atoms with van der Waals surface area (Å²) in [7, 11) is 3.18. The number of anilines is 3. The molecule has 0 bridgehead atoms. The third kappa shape index (κ3) is 9.05. The van der Waals surface area contributed by atoms with E-state index in [1.165, 1.54) is 31.6 Å². The van der Waals surface area contributed by atoms with Gasteiger partial charge in [-0.1, -0.05) is 32.4 Å². The molecule has 0 aliphatic carbocycles. The summed E-state index contributed by atoms with van der Waals surface area (Å²) in [6, 6.07) is 5.07. The fourth-order valence-electron chi connectivity index (χ4n) is 4.98. The molecule has 2 aromatic carbocycles. The van der Waals surface area contributed by atoms with Gasteiger partial charge in [-0.05, 0) is 63.0 Å². The second-order valence-corrected chi connectivity index (χ2v) is 12.5. The zero-order chi connectivity index (χ0) is 33.6. The zero-order valence-corrected chi connectivity index (χ0v) is 28.9. The van der Waals surface area contributed by atoms with Crippen LogP contribution in [0.2, 0.25) is 5.02 Å². The molecule has 1 saturated heterocycles. The number of methoxy groups -OCH3 is 1. The molecule has 0 radical (unpaired) electrons. The van der Waals surface area contributed by atoms with Crippen LogP contribution in [-0.2, 0) is 19.1 Å². The molecule has 1 fully saturated rings. The van der Waals surface area contributed by atoms with Crippen LogP contribution in [0.3, 0.4) is 0 Å². The molecule has 12 nitrogen and oxygen atoms in total. The lowest BCUT2D eigenvalue weighted by Crippen LogP contribution is -2.60. The first kappa shape index (κ1) is 37.8. The van der Waals surface area contributed by atoms with Crippen molar-refractivity contribution in [3.63, 3.8) is 0 Å². The largest absolute Gasteiger partial charge is 0.489 e. The number of fused-ring (bicyclic) bond motifs is 1. The third-order valence-electron chi connectivity index (χ3n) is 7.71. The third-order valence-corrected chi connectivity index (χ3v) is 8.00. The summed E-state index contributed by atoms with van der Waals surface area (Å²) in [5.41, 5.74) is 0.270. The molecule has 4 rings (SSSR count). The highest BCUT2D eigenvalue weighted by molar-refractivity contribution is 6.31. The first-order chi connectivity index (χ1) is 21.8. The number of likely N-dealkylation sites (N-methyl/N-ethyl adjacent to an activating group) is 1. The molecule has 3 atom stereocenters. The predicted molar refractivity (Wildman–Crippen MR) is 182 cm³/mol. The van der Waals surface area contributed by atoms with E-state index in [4.69, 9.17) is 21.1 Å². The van der Waals surface area contributed by atoms with Crippen molar-refractivity contribution >= 4 is 69.8 Å². The van der Waals surface area contributed by atoms with Crippen LogP contribution in [0.4, 0.5) is 21.6 Å². The Kier molecular flexibility index (Phi) is 13.3. The van der Waals surface area contributed by atoms with Gasteiger partial charge in [0.25, 0.3) is 11.8 Å². The predicted octanol–water partition coefficient (Wildman–Crippen LogP) is 4.36. The molecule has 2 heterocycles. The minimum Gasteiger partial charge on any atom is -0.489 e. The maximum atomic E-state index is 14.7. The van der Waals surface area contributed by atoms with E-state index < -0.39 is 47.1 Å². The Morgan fingerprint density at radius 2 is 1.91 bits per heavy atom. The number of nitrogens with one attached hydrogen (secondary N) is 4. The molecule has 0 spiro atoms. The highest BCUT2D eigenvalue weighted by Crippen LogP contribution is 2.38. The number of benzene rings is 2. The van der Waals surface area contributed by atoms with Gasteiger partial charge in [0.2, 0.25) is 5.91 Å². The van der Waals surface area contributed by atoms with Crippen LogP contribution >= 0.6 is 24.0 Å². The number of carbonyl (C=O) groups is 3. The van der Waals surface area contributed by atoms with Crippen LogP contribution < -0.4 is 30.9 Å². The van der Waals surface area contributed by atoms with E-state index in [2.05, 4.69) is 31.2 Å². The van der Waals surface area contributed by atoms with Gasteiger partial charge in [-0.2, -0.15) is 0 Å². The smallest absolute Gasteiger partial charge is 0.257 e. The molecule has 1 aliphatic heterocycles. The lowest BCUT2D eigenvalue weighted by atomic mass is 9.85. The second kappa shape index (κ2) is 16.5. The Hall–Kier alpha value is -3.62. The standard InChI is InChI=1S/C32H41ClFN7O5.ClH/c1-18(35-5)29(42)40-27(32(2,3)4)31(44)41(30(43)23-8-7-11-36-23)25-15-20-24(16-26(25)46-13-12-45-6)37-17-38-28(20)39-19-9-10-22(34)21(33)14-19;/h9-10,14-18,23,27,35-36H,7-8,11-13H2,1-6H3,(H,40,42)(H,37,38,39);1H/t18-,23-,27+;/m0./s1. The van der Waals surface area contributed by atoms with Crippen molar-refractivity contribution in [1.29, 1.82) is 0 Å². The molecule has 0 saturated carbocycles. The van der Waals surface area contributed by atoms with E-state index in [1.54, 1.807) is 26.1 Å². The van der Waals surface area contributed by atoms with E-state index >= 15 is 0 Å². The quantitative estimate of drug-likeness (QED) is 0.202. The van der Waals surface area contributed by atoms with Crippen molar-refractivity contribution < 1.29 is 28.2 Å². The first-order valence-electron chi connectivity index (χ1n) is 15.1. The number of ether oxygens (including phenoxy) is 2. The molecule has 47 heavy (non-hydrogen) atoms. The Labute approximate surface area is 284 Å². The zero-order valence-electron chi connectivity index (χ0n) is 27.3. The highest BCUT2D eigenvalue weighted by Gasteiger charge is 2.42. The van der Waals surface area contributed by atoms with Gasteiger partial charge in [0.1, 0.15) is 36.4 Å². The molecule has 1 aromatic heterocycles. The van der Waals surface area contributed by atoms with E-state index in [-0.39, 0.29) is 42.1 Å². The van der Waals surface area contributed by atoms with Crippen LogP contribution in [0.1, 0.15) is 40.5 Å². The molecular weight excluding hydrogens is 652 g/mol. The number of aromatic nitrogens is 2. The monoisotopic (exact) mass is 693 g/mol. The van der Waals surface area contributed by atoms with Crippen LogP contribution in [-0.4, -0.2) is 79.7 Å². The molecule has 15 heteroatoms. The normalized spacial score (nSPS) is 15.8. The summed E-state index contributed by atoms with van der Waals surface area (Å²) < 4.78 is 25.1. The molecule has 3 amide bonds. The van der Waals surface area contributed by atoms with Crippen molar-refractivity contribution in [2.24, 2.45) is 5.41 Å². The lowest BCUT2D eigenvalue weighted by Gasteiger charge is -2.36. The van der Waals surface area contributed by atoms with Crippen molar-refractivity contribution in [3.8, 4) is 5.75 Å². The number of hydrogen-bond acceptors (Lipinski definition) is 10. The molecular formula is C32H42Cl2FN7O5. The van der Waals surface area contributed by atoms with Crippen molar-refractivity contribution in [2.75, 3.05) is 44.1 Å². The summed E-state index contributed by atoms with van der Waals surface area (Å²) in [5, 5.41) is 12.4. The SMILES string of the molecule is CN[C@@H](C)C(=O)N[C@H](C(=O)N(C(=O)[C@@H]1CCCN1)c1cc2c(Nc3ccc(F)c(Cl)c3)ncnc2cc1OCCOC)C(C)(C)C.Cl. The fourth-order valence-corrected chi connectivity index (χ4v) is 5.16. The first-order valence-corrected chi connectivity index (χ1v) is 15.4. The average molecular weight is 695 g/mol. The summed E-state index contributed by atoms with van der Waals surface area (Å²) in [6.07, 6.45) is 2.63. The molecule has 3 aromatic rings. The van der Waals surface area contributed by atoms with Crippen LogP contribution in [0.25, 0.3) is 10.9 Å². The number of nitrogens with zero attached hydrogens (tertiary/aromatic N) is 3. The van der Waals surface area contributed by atoms with Crippen molar-refractivity contribution in [3.05, 3.63) is 47.5 Å². The highest BCUT2D eigenvalue weighted by atomic mass is 35.5. The van der Waals surface area contributed by atoms with E-state index in [0.717, 1.165) is 11.3 Å². The Bertz CT molecular complexity index is 1580. The van der Waals surface area contributed by atoms with Gasteiger partial charge < -0.3 is 30.7 Å². The number of halogens is 3. The van der Waals surface area contributed by atoms with Gasteiger partial charge in [-0.25, -0.2) is 19.3 Å². The number of amides is 3. The van der Waals surface area contributed by atoms with E-state index in [0.29, 0.717) is 35.4 Å². The summed E-state index contributed by atoms with van der Waals surface area (Å²) in [5.74, 6) is -1.55. The van der Waals surface area contributed by atoms with Gasteiger partial charge in [0.05, 0.1) is 34.9 Å². The minimum absolute atomic E-state index is 0. The number of imide groups is 1. The Morgan fingerprint density at radius 3 is 2.53 bits per heavy atom. The summed E-state index contributed by atoms with van der Waals surface area (Å²) in [4.78, 5) is 51.9.